The van der Waals surface area contributed by atoms with E-state index >= 15 is 0 Å². The number of aromatic nitrogens is 2. The fourth-order valence-corrected chi connectivity index (χ4v) is 3.39. The SMILES string of the molecule is Cn1ccnc1[C@@H](N[C@H]1CCCN(C(=O)OC(C)(C)C)C1)C1CC1. The van der Waals surface area contributed by atoms with Gasteiger partial charge in [-0.2, -0.15) is 0 Å². The van der Waals surface area contributed by atoms with Gasteiger partial charge in [0.05, 0.1) is 6.04 Å². The molecular formula is C18H30N4O2. The molecule has 0 unspecified atom stereocenters. The van der Waals surface area contributed by atoms with E-state index in [1.54, 1.807) is 0 Å². The van der Waals surface area contributed by atoms with E-state index in [0.29, 0.717) is 18.5 Å². The molecule has 1 aromatic heterocycles. The lowest BCUT2D eigenvalue weighted by Crippen LogP contribution is -2.50. The molecule has 6 heteroatoms. The van der Waals surface area contributed by atoms with Crippen molar-refractivity contribution in [3.63, 3.8) is 0 Å². The minimum Gasteiger partial charge on any atom is -0.444 e. The molecular weight excluding hydrogens is 304 g/mol. The Morgan fingerprint density at radius 2 is 2.12 bits per heavy atom. The summed E-state index contributed by atoms with van der Waals surface area (Å²) in [4.78, 5) is 18.7. The fraction of sp³-hybridized carbons (Fsp3) is 0.778. The highest BCUT2D eigenvalue weighted by atomic mass is 16.6. The number of nitrogens with zero attached hydrogens (tertiary/aromatic N) is 3. The predicted molar refractivity (Wildman–Crippen MR) is 92.6 cm³/mol. The van der Waals surface area contributed by atoms with E-state index in [-0.39, 0.29) is 12.1 Å². The molecule has 2 heterocycles. The Morgan fingerprint density at radius 1 is 1.38 bits per heavy atom. The number of hydrogen-bond donors (Lipinski definition) is 1. The van der Waals surface area contributed by atoms with Crippen LogP contribution in [0.3, 0.4) is 0 Å². The molecule has 6 nitrogen and oxygen atoms in total. The largest absolute Gasteiger partial charge is 0.444 e. The summed E-state index contributed by atoms with van der Waals surface area (Å²) in [5.41, 5.74) is -0.443. The van der Waals surface area contributed by atoms with Crippen molar-refractivity contribution in [3.8, 4) is 0 Å². The third kappa shape index (κ3) is 4.29. The quantitative estimate of drug-likeness (QED) is 0.920. The smallest absolute Gasteiger partial charge is 0.410 e. The number of aryl methyl sites for hydroxylation is 1. The Kier molecular flexibility index (Phi) is 4.85. The zero-order valence-corrected chi connectivity index (χ0v) is 15.3. The number of ether oxygens (including phenoxy) is 1. The van der Waals surface area contributed by atoms with Crippen molar-refractivity contribution < 1.29 is 9.53 Å². The molecule has 24 heavy (non-hydrogen) atoms. The Morgan fingerprint density at radius 3 is 2.71 bits per heavy atom. The molecule has 1 N–H and O–H groups in total. The number of nitrogens with one attached hydrogen (secondary N) is 1. The molecule has 134 valence electrons. The molecule has 1 saturated carbocycles. The molecule has 0 aromatic carbocycles. The predicted octanol–water partition coefficient (Wildman–Crippen LogP) is 2.86. The van der Waals surface area contributed by atoms with Gasteiger partial charge in [0.15, 0.2) is 0 Å². The maximum Gasteiger partial charge on any atom is 0.410 e. The first-order valence-electron chi connectivity index (χ1n) is 9.04. The maximum atomic E-state index is 12.3. The van der Waals surface area contributed by atoms with E-state index in [1.165, 1.54) is 12.8 Å². The second kappa shape index (κ2) is 6.75. The zero-order valence-electron chi connectivity index (χ0n) is 15.3. The Hall–Kier alpha value is -1.56. The van der Waals surface area contributed by atoms with Gasteiger partial charge >= 0.3 is 6.09 Å². The highest BCUT2D eigenvalue weighted by molar-refractivity contribution is 5.68. The Balaban J connectivity index is 1.62. The molecule has 2 fully saturated rings. The van der Waals surface area contributed by atoms with Crippen LogP contribution in [-0.4, -0.2) is 45.3 Å². The molecule has 0 spiro atoms. The van der Waals surface area contributed by atoms with E-state index in [0.717, 1.165) is 25.2 Å². The summed E-state index contributed by atoms with van der Waals surface area (Å²) < 4.78 is 7.63. The number of carbonyl (C=O) groups is 1. The lowest BCUT2D eigenvalue weighted by Gasteiger charge is -2.36. The topological polar surface area (TPSA) is 59.4 Å². The van der Waals surface area contributed by atoms with Gasteiger partial charge in [0, 0.05) is 38.6 Å². The van der Waals surface area contributed by atoms with E-state index < -0.39 is 5.60 Å². The van der Waals surface area contributed by atoms with Crippen LogP contribution in [0.2, 0.25) is 0 Å². The standard InChI is InChI=1S/C18H30N4O2/c1-18(2,3)24-17(23)22-10-5-6-14(12-22)20-15(13-7-8-13)16-19-9-11-21(16)4/h9,11,13-15,20H,5-8,10,12H2,1-4H3/t14-,15-/m0/s1. The third-order valence-corrected chi connectivity index (χ3v) is 4.72. The van der Waals surface area contributed by atoms with Gasteiger partial charge in [-0.05, 0) is 52.4 Å². The van der Waals surface area contributed by atoms with E-state index in [9.17, 15) is 4.79 Å². The number of likely N-dealkylation sites (tertiary alicyclic amines) is 1. The lowest BCUT2D eigenvalue weighted by molar-refractivity contribution is 0.0181. The molecule has 1 aliphatic heterocycles. The highest BCUT2D eigenvalue weighted by Crippen LogP contribution is 2.41. The minimum absolute atomic E-state index is 0.200. The van der Waals surface area contributed by atoms with Crippen LogP contribution in [0.5, 0.6) is 0 Å². The van der Waals surface area contributed by atoms with Crippen LogP contribution in [0.4, 0.5) is 4.79 Å². The average molecular weight is 334 g/mol. The number of amides is 1. The third-order valence-electron chi connectivity index (χ3n) is 4.72. The number of carbonyl (C=O) groups excluding carboxylic acids is 1. The fourth-order valence-electron chi connectivity index (χ4n) is 3.39. The summed E-state index contributed by atoms with van der Waals surface area (Å²) in [7, 11) is 2.05. The molecule has 1 aliphatic carbocycles. The highest BCUT2D eigenvalue weighted by Gasteiger charge is 2.37. The minimum atomic E-state index is -0.443. The van der Waals surface area contributed by atoms with E-state index in [2.05, 4.69) is 14.9 Å². The van der Waals surface area contributed by atoms with Crippen molar-refractivity contribution in [2.75, 3.05) is 13.1 Å². The van der Waals surface area contributed by atoms with Gasteiger partial charge in [0.2, 0.25) is 0 Å². The maximum absolute atomic E-state index is 12.3. The van der Waals surface area contributed by atoms with Gasteiger partial charge in [0.1, 0.15) is 11.4 Å². The molecule has 1 saturated heterocycles. The number of rotatable bonds is 4. The van der Waals surface area contributed by atoms with E-state index in [4.69, 9.17) is 4.74 Å². The van der Waals surface area contributed by atoms with Crippen molar-refractivity contribution >= 4 is 6.09 Å². The molecule has 1 aromatic rings. The van der Waals surface area contributed by atoms with Gasteiger partial charge in [-0.3, -0.25) is 0 Å². The molecule has 0 bridgehead atoms. The average Bonchev–Trinajstić information content (AvgIpc) is 3.25. The van der Waals surface area contributed by atoms with Crippen molar-refractivity contribution in [2.24, 2.45) is 13.0 Å². The van der Waals surface area contributed by atoms with Gasteiger partial charge in [0.25, 0.3) is 0 Å². The normalized spacial score (nSPS) is 23.2. The van der Waals surface area contributed by atoms with Crippen molar-refractivity contribution in [1.82, 2.24) is 19.8 Å². The van der Waals surface area contributed by atoms with Crippen molar-refractivity contribution in [1.29, 1.82) is 0 Å². The number of hydrogen-bond acceptors (Lipinski definition) is 4. The van der Waals surface area contributed by atoms with Crippen LogP contribution >= 0.6 is 0 Å². The summed E-state index contributed by atoms with van der Waals surface area (Å²) in [6.45, 7) is 7.23. The number of imidazole rings is 1. The molecule has 2 atom stereocenters. The van der Waals surface area contributed by atoms with Crippen LogP contribution in [0.25, 0.3) is 0 Å². The van der Waals surface area contributed by atoms with Crippen LogP contribution < -0.4 is 5.32 Å². The second-order valence-corrected chi connectivity index (χ2v) is 8.14. The first-order chi connectivity index (χ1) is 11.3. The first kappa shape index (κ1) is 17.3. The van der Waals surface area contributed by atoms with Gasteiger partial charge in [-0.1, -0.05) is 0 Å². The van der Waals surface area contributed by atoms with Crippen LogP contribution in [0.1, 0.15) is 58.3 Å². The second-order valence-electron chi connectivity index (χ2n) is 8.14. The summed E-state index contributed by atoms with van der Waals surface area (Å²) in [6.07, 6.45) is 8.27. The Labute approximate surface area is 144 Å². The molecule has 0 radical (unpaired) electrons. The van der Waals surface area contributed by atoms with Crippen LogP contribution in [-0.2, 0) is 11.8 Å². The molecule has 2 aliphatic rings. The monoisotopic (exact) mass is 334 g/mol. The molecule has 3 rings (SSSR count). The van der Waals surface area contributed by atoms with Crippen LogP contribution in [0.15, 0.2) is 12.4 Å². The first-order valence-corrected chi connectivity index (χ1v) is 9.04. The van der Waals surface area contributed by atoms with E-state index in [1.807, 2.05) is 45.1 Å². The lowest BCUT2D eigenvalue weighted by atomic mass is 10.0. The zero-order chi connectivity index (χ0) is 17.3. The summed E-state index contributed by atoms with van der Waals surface area (Å²) in [6, 6.07) is 0.585. The van der Waals surface area contributed by atoms with Gasteiger partial charge in [-0.25, -0.2) is 9.78 Å². The van der Waals surface area contributed by atoms with Crippen molar-refractivity contribution in [2.45, 2.75) is 64.1 Å². The number of piperidine rings is 1. The molecule has 1 amide bonds. The summed E-state index contributed by atoms with van der Waals surface area (Å²) in [5, 5.41) is 3.78. The van der Waals surface area contributed by atoms with Gasteiger partial charge < -0.3 is 19.5 Å². The summed E-state index contributed by atoms with van der Waals surface area (Å²) >= 11 is 0. The van der Waals surface area contributed by atoms with Crippen molar-refractivity contribution in [3.05, 3.63) is 18.2 Å². The van der Waals surface area contributed by atoms with Gasteiger partial charge in [-0.15, -0.1) is 0 Å². The summed E-state index contributed by atoms with van der Waals surface area (Å²) in [5.74, 6) is 1.77. The van der Waals surface area contributed by atoms with Crippen LogP contribution in [0, 0.1) is 5.92 Å². The Bertz CT molecular complexity index is 574.